The van der Waals surface area contributed by atoms with Gasteiger partial charge in [0.15, 0.2) is 0 Å². The third kappa shape index (κ3) is 2.45. The monoisotopic (exact) mass is 252 g/mol. The predicted octanol–water partition coefficient (Wildman–Crippen LogP) is 4.56. The van der Waals surface area contributed by atoms with Gasteiger partial charge in [0, 0.05) is 10.8 Å². The van der Waals surface area contributed by atoms with Gasteiger partial charge in [0.25, 0.3) is 0 Å². The van der Waals surface area contributed by atoms with Crippen LogP contribution in [0.4, 0.5) is 0 Å². The van der Waals surface area contributed by atoms with Gasteiger partial charge < -0.3 is 4.42 Å². The van der Waals surface area contributed by atoms with E-state index in [-0.39, 0.29) is 0 Å². The van der Waals surface area contributed by atoms with Crippen molar-refractivity contribution in [1.29, 1.82) is 0 Å². The van der Waals surface area contributed by atoms with E-state index in [1.54, 1.807) is 12.2 Å². The van der Waals surface area contributed by atoms with Crippen molar-refractivity contribution in [1.82, 2.24) is 0 Å². The zero-order valence-electron chi connectivity index (χ0n) is 10.2. The summed E-state index contributed by atoms with van der Waals surface area (Å²) >= 11 is 0. The summed E-state index contributed by atoms with van der Waals surface area (Å²) in [6.07, 6.45) is 6.40. The van der Waals surface area contributed by atoms with Crippen LogP contribution in [0.2, 0.25) is 0 Å². The summed E-state index contributed by atoms with van der Waals surface area (Å²) in [5.41, 5.74) is 1.92. The fraction of sp³-hybridized carbons (Fsp3) is 0. The fourth-order valence-electron chi connectivity index (χ4n) is 1.89. The molecule has 94 valence electrons. The first-order chi connectivity index (χ1) is 9.45. The lowest BCUT2D eigenvalue weighted by Gasteiger charge is -1.94. The van der Waals surface area contributed by atoms with Crippen molar-refractivity contribution in [2.75, 3.05) is 0 Å². The fourth-order valence-corrected chi connectivity index (χ4v) is 1.89. The quantitative estimate of drug-likeness (QED) is 0.549. The summed E-state index contributed by atoms with van der Waals surface area (Å²) in [7, 11) is 0. The molecule has 4 rings (SSSR count). The van der Waals surface area contributed by atoms with Crippen molar-refractivity contribution < 1.29 is 14.2 Å². The number of furan rings is 1. The van der Waals surface area contributed by atoms with Gasteiger partial charge in [-0.15, -0.1) is 0 Å². The van der Waals surface area contributed by atoms with Gasteiger partial charge in [-0.25, -0.2) is 0 Å². The lowest BCUT2D eigenvalue weighted by atomic mass is 10.2. The van der Waals surface area contributed by atoms with Gasteiger partial charge >= 0.3 is 0 Å². The Kier molecular flexibility index (Phi) is 3.19. The standard InChI is InChI=1S/C12H8O.C4H4O2/c1-3-7-11-9(5-1)10-6-2-4-8-12(10)13-11;1-2-4-6-5-3-1/h1-8H;1-4H. The van der Waals surface area contributed by atoms with Crippen molar-refractivity contribution in [2.24, 2.45) is 0 Å². The van der Waals surface area contributed by atoms with Crippen LogP contribution < -0.4 is 0 Å². The molecule has 19 heavy (non-hydrogen) atoms. The second-order valence-corrected chi connectivity index (χ2v) is 3.94. The molecular weight excluding hydrogens is 240 g/mol. The molecule has 1 aliphatic rings. The zero-order chi connectivity index (χ0) is 12.9. The van der Waals surface area contributed by atoms with Gasteiger partial charge in [-0.05, 0) is 24.3 Å². The minimum atomic E-state index is 0.962. The van der Waals surface area contributed by atoms with Gasteiger partial charge in [-0.3, -0.25) is 9.78 Å². The molecule has 0 atom stereocenters. The highest BCUT2D eigenvalue weighted by molar-refractivity contribution is 6.04. The van der Waals surface area contributed by atoms with Crippen molar-refractivity contribution >= 4 is 21.9 Å². The van der Waals surface area contributed by atoms with E-state index in [1.807, 2.05) is 36.4 Å². The lowest BCUT2D eigenvalue weighted by molar-refractivity contribution is -0.198. The van der Waals surface area contributed by atoms with E-state index in [2.05, 4.69) is 21.9 Å². The Labute approximate surface area is 110 Å². The molecule has 1 aliphatic heterocycles. The maximum atomic E-state index is 5.65. The van der Waals surface area contributed by atoms with Gasteiger partial charge in [-0.1, -0.05) is 36.4 Å². The van der Waals surface area contributed by atoms with Gasteiger partial charge in [0.2, 0.25) is 0 Å². The van der Waals surface area contributed by atoms with Crippen molar-refractivity contribution in [3.8, 4) is 0 Å². The minimum absolute atomic E-state index is 0.962. The third-order valence-corrected chi connectivity index (χ3v) is 2.72. The highest BCUT2D eigenvalue weighted by atomic mass is 17.2. The third-order valence-electron chi connectivity index (χ3n) is 2.72. The van der Waals surface area contributed by atoms with Crippen molar-refractivity contribution in [2.45, 2.75) is 0 Å². The normalized spacial score (nSPS) is 12.6. The average Bonchev–Trinajstić information content (AvgIpc) is 2.88. The second kappa shape index (κ2) is 5.31. The first-order valence-corrected chi connectivity index (χ1v) is 5.95. The number of fused-ring (bicyclic) bond motifs is 3. The Hall–Kier alpha value is -2.68. The first kappa shape index (κ1) is 11.4. The summed E-state index contributed by atoms with van der Waals surface area (Å²) in [5, 5.41) is 2.39. The molecular formula is C16H12O3. The molecule has 0 spiro atoms. The molecule has 0 bridgehead atoms. The summed E-state index contributed by atoms with van der Waals surface area (Å²) in [4.78, 5) is 8.60. The Bertz CT molecular complexity index is 675. The number of para-hydroxylation sites is 2. The highest BCUT2D eigenvalue weighted by Crippen LogP contribution is 2.27. The van der Waals surface area contributed by atoms with Crippen LogP contribution in [0.3, 0.4) is 0 Å². The van der Waals surface area contributed by atoms with Gasteiger partial charge in [0.1, 0.15) is 23.7 Å². The summed E-state index contributed by atoms with van der Waals surface area (Å²) < 4.78 is 5.65. The lowest BCUT2D eigenvalue weighted by Crippen LogP contribution is -1.78. The highest BCUT2D eigenvalue weighted by Gasteiger charge is 2.03. The van der Waals surface area contributed by atoms with E-state index >= 15 is 0 Å². The van der Waals surface area contributed by atoms with Crippen LogP contribution in [0, 0.1) is 0 Å². The number of hydrogen-bond acceptors (Lipinski definition) is 3. The van der Waals surface area contributed by atoms with Gasteiger partial charge in [0.05, 0.1) is 0 Å². The van der Waals surface area contributed by atoms with Crippen LogP contribution in [0.25, 0.3) is 21.9 Å². The van der Waals surface area contributed by atoms with Crippen LogP contribution in [-0.2, 0) is 9.78 Å². The number of rotatable bonds is 0. The van der Waals surface area contributed by atoms with Crippen LogP contribution in [-0.4, -0.2) is 0 Å². The average molecular weight is 252 g/mol. The SMILES string of the molecule is C1=COOC=C1.c1ccc2c(c1)oc1ccccc12. The topological polar surface area (TPSA) is 31.6 Å². The zero-order valence-corrected chi connectivity index (χ0v) is 10.2. The van der Waals surface area contributed by atoms with Crippen LogP contribution in [0.1, 0.15) is 0 Å². The van der Waals surface area contributed by atoms with E-state index in [4.69, 9.17) is 4.42 Å². The van der Waals surface area contributed by atoms with E-state index in [0.717, 1.165) is 11.2 Å². The molecule has 0 saturated carbocycles. The maximum Gasteiger partial charge on any atom is 0.142 e. The number of benzene rings is 2. The van der Waals surface area contributed by atoms with E-state index in [1.165, 1.54) is 23.3 Å². The molecule has 0 saturated heterocycles. The Morgan fingerprint density at radius 2 is 1.05 bits per heavy atom. The van der Waals surface area contributed by atoms with Crippen molar-refractivity contribution in [3.63, 3.8) is 0 Å². The number of hydrogen-bond donors (Lipinski definition) is 0. The predicted molar refractivity (Wildman–Crippen MR) is 74.2 cm³/mol. The molecule has 2 heterocycles. The minimum Gasteiger partial charge on any atom is -0.456 e. The van der Waals surface area contributed by atoms with Gasteiger partial charge in [-0.2, -0.15) is 0 Å². The largest absolute Gasteiger partial charge is 0.456 e. The second-order valence-electron chi connectivity index (χ2n) is 3.94. The molecule has 1 aromatic heterocycles. The summed E-state index contributed by atoms with van der Waals surface area (Å²) in [5.74, 6) is 0. The Morgan fingerprint density at radius 1 is 0.579 bits per heavy atom. The molecule has 0 unspecified atom stereocenters. The smallest absolute Gasteiger partial charge is 0.142 e. The first-order valence-electron chi connectivity index (χ1n) is 5.95. The molecule has 0 amide bonds. The van der Waals surface area contributed by atoms with Crippen molar-refractivity contribution in [3.05, 3.63) is 73.2 Å². The molecule has 3 aromatic rings. The Morgan fingerprint density at radius 3 is 1.47 bits per heavy atom. The molecule has 0 fully saturated rings. The molecule has 2 aromatic carbocycles. The number of allylic oxidation sites excluding steroid dienone is 2. The maximum absolute atomic E-state index is 5.65. The molecule has 0 N–H and O–H groups in total. The van der Waals surface area contributed by atoms with Crippen LogP contribution in [0.5, 0.6) is 0 Å². The van der Waals surface area contributed by atoms with Crippen LogP contribution >= 0.6 is 0 Å². The van der Waals surface area contributed by atoms with E-state index < -0.39 is 0 Å². The summed E-state index contributed by atoms with van der Waals surface area (Å²) in [6, 6.07) is 16.2. The Balaban J connectivity index is 0.000000155. The molecule has 0 aliphatic carbocycles. The van der Waals surface area contributed by atoms with E-state index in [9.17, 15) is 0 Å². The summed E-state index contributed by atoms with van der Waals surface area (Å²) in [6.45, 7) is 0. The molecule has 3 nitrogen and oxygen atoms in total. The molecule has 3 heteroatoms. The molecule has 0 radical (unpaired) electrons. The van der Waals surface area contributed by atoms with Crippen LogP contribution in [0.15, 0.2) is 77.6 Å². The van der Waals surface area contributed by atoms with E-state index in [0.29, 0.717) is 0 Å².